The third-order valence-electron chi connectivity index (χ3n) is 4.40. The molecule has 0 atom stereocenters. The van der Waals surface area contributed by atoms with E-state index in [4.69, 9.17) is 4.74 Å². The fourth-order valence-electron chi connectivity index (χ4n) is 2.66. The summed E-state index contributed by atoms with van der Waals surface area (Å²) in [5, 5.41) is 0. The maximum Gasteiger partial charge on any atom is 0.343 e. The quantitative estimate of drug-likeness (QED) is 0.255. The molecule has 0 aromatic heterocycles. The lowest BCUT2D eigenvalue weighted by Gasteiger charge is -2.05. The van der Waals surface area contributed by atoms with E-state index in [1.165, 1.54) is 13.2 Å². The number of benzene rings is 3. The van der Waals surface area contributed by atoms with E-state index in [-0.39, 0.29) is 5.78 Å². The largest absolute Gasteiger partial charge is 0.465 e. The van der Waals surface area contributed by atoms with Crippen molar-refractivity contribution in [2.24, 2.45) is 0 Å². The zero-order valence-electron chi connectivity index (χ0n) is 16.6. The molecular weight excluding hydrogens is 380 g/mol. The van der Waals surface area contributed by atoms with Crippen LogP contribution in [-0.4, -0.2) is 24.8 Å². The Morgan fingerprint density at radius 3 is 1.83 bits per heavy atom. The molecule has 3 rings (SSSR count). The molecular formula is C25H20O5. The van der Waals surface area contributed by atoms with Crippen LogP contribution in [0.5, 0.6) is 5.75 Å². The minimum Gasteiger partial charge on any atom is -0.465 e. The molecule has 0 saturated carbocycles. The van der Waals surface area contributed by atoms with Crippen LogP contribution >= 0.6 is 0 Å². The van der Waals surface area contributed by atoms with E-state index in [9.17, 15) is 14.4 Å². The summed E-state index contributed by atoms with van der Waals surface area (Å²) in [6, 6.07) is 20.2. The van der Waals surface area contributed by atoms with Crippen LogP contribution < -0.4 is 4.74 Å². The molecule has 0 radical (unpaired) electrons. The standard InChI is InChI=1S/C25H20O5/c1-17-3-8-21(9-4-17)25(28)30-22-14-12-19(13-15-22)23(26)16-7-18-5-10-20(11-6-18)24(27)29-2/h3-16H,1-2H3/b16-7+. The molecule has 0 amide bonds. The Morgan fingerprint density at radius 2 is 1.23 bits per heavy atom. The Hall–Kier alpha value is -3.99. The number of ether oxygens (including phenoxy) is 2. The van der Waals surface area contributed by atoms with Gasteiger partial charge in [-0.1, -0.05) is 35.9 Å². The van der Waals surface area contributed by atoms with E-state index in [1.807, 2.05) is 19.1 Å². The van der Waals surface area contributed by atoms with Gasteiger partial charge >= 0.3 is 11.9 Å². The van der Waals surface area contributed by atoms with Gasteiger partial charge in [0.25, 0.3) is 0 Å². The van der Waals surface area contributed by atoms with Crippen molar-refractivity contribution in [1.29, 1.82) is 0 Å². The summed E-state index contributed by atoms with van der Waals surface area (Å²) in [4.78, 5) is 36.0. The molecule has 0 fully saturated rings. The molecule has 0 spiro atoms. The first-order valence-electron chi connectivity index (χ1n) is 9.26. The molecule has 5 heteroatoms. The second-order valence-electron chi connectivity index (χ2n) is 6.59. The number of aryl methyl sites for hydroxylation is 1. The average molecular weight is 400 g/mol. The number of methoxy groups -OCH3 is 1. The molecule has 0 saturated heterocycles. The van der Waals surface area contributed by atoms with Crippen molar-refractivity contribution in [3.05, 3.63) is 107 Å². The van der Waals surface area contributed by atoms with E-state index in [1.54, 1.807) is 66.7 Å². The van der Waals surface area contributed by atoms with Crippen molar-refractivity contribution in [2.75, 3.05) is 7.11 Å². The summed E-state index contributed by atoms with van der Waals surface area (Å²) in [7, 11) is 1.32. The van der Waals surface area contributed by atoms with Gasteiger partial charge in [0.15, 0.2) is 5.78 Å². The fraction of sp³-hybridized carbons (Fsp3) is 0.0800. The summed E-state index contributed by atoms with van der Waals surface area (Å²) in [5.74, 6) is -0.697. The lowest BCUT2D eigenvalue weighted by molar-refractivity contribution is 0.0600. The highest BCUT2D eigenvalue weighted by Crippen LogP contribution is 2.16. The molecule has 150 valence electrons. The predicted octanol–water partition coefficient (Wildman–Crippen LogP) is 4.90. The molecule has 3 aromatic rings. The molecule has 0 unspecified atom stereocenters. The summed E-state index contributed by atoms with van der Waals surface area (Å²) < 4.78 is 9.99. The number of carbonyl (C=O) groups is 3. The normalized spacial score (nSPS) is 10.6. The molecule has 0 aliphatic rings. The van der Waals surface area contributed by atoms with Crippen molar-refractivity contribution >= 4 is 23.8 Å². The van der Waals surface area contributed by atoms with Gasteiger partial charge in [0, 0.05) is 5.56 Å². The number of rotatable bonds is 6. The van der Waals surface area contributed by atoms with Gasteiger partial charge in [-0.05, 0) is 67.1 Å². The van der Waals surface area contributed by atoms with Gasteiger partial charge in [-0.25, -0.2) is 9.59 Å². The summed E-state index contributed by atoms with van der Waals surface area (Å²) in [5.41, 5.74) is 3.20. The second-order valence-corrected chi connectivity index (χ2v) is 6.59. The average Bonchev–Trinajstić information content (AvgIpc) is 2.78. The molecule has 0 bridgehead atoms. The first-order valence-corrected chi connectivity index (χ1v) is 9.26. The van der Waals surface area contributed by atoms with Gasteiger partial charge in [-0.2, -0.15) is 0 Å². The maximum atomic E-state index is 12.4. The highest BCUT2D eigenvalue weighted by atomic mass is 16.5. The summed E-state index contributed by atoms with van der Waals surface area (Å²) in [6.45, 7) is 1.94. The van der Waals surface area contributed by atoms with Crippen LogP contribution in [-0.2, 0) is 4.74 Å². The molecule has 0 heterocycles. The summed E-state index contributed by atoms with van der Waals surface area (Å²) in [6.07, 6.45) is 3.11. The molecule has 0 aliphatic carbocycles. The highest BCUT2D eigenvalue weighted by molar-refractivity contribution is 6.07. The fourth-order valence-corrected chi connectivity index (χ4v) is 2.66. The van der Waals surface area contributed by atoms with Gasteiger partial charge in [0.05, 0.1) is 18.2 Å². The maximum absolute atomic E-state index is 12.4. The molecule has 0 aliphatic heterocycles. The SMILES string of the molecule is COC(=O)c1ccc(/C=C/C(=O)c2ccc(OC(=O)c3ccc(C)cc3)cc2)cc1. The van der Waals surface area contributed by atoms with Crippen LogP contribution in [0.25, 0.3) is 6.08 Å². The third kappa shape index (κ3) is 5.29. The van der Waals surface area contributed by atoms with Gasteiger partial charge in [0.1, 0.15) is 5.75 Å². The van der Waals surface area contributed by atoms with Gasteiger partial charge < -0.3 is 9.47 Å². The van der Waals surface area contributed by atoms with Crippen molar-refractivity contribution < 1.29 is 23.9 Å². The van der Waals surface area contributed by atoms with E-state index in [2.05, 4.69) is 4.74 Å². The van der Waals surface area contributed by atoms with Gasteiger partial charge in [-0.3, -0.25) is 4.79 Å². The zero-order chi connectivity index (χ0) is 21.5. The number of hydrogen-bond donors (Lipinski definition) is 0. The topological polar surface area (TPSA) is 69.7 Å². The van der Waals surface area contributed by atoms with Crippen molar-refractivity contribution in [3.8, 4) is 5.75 Å². The Morgan fingerprint density at radius 1 is 0.700 bits per heavy atom. The first kappa shape index (κ1) is 20.7. The molecule has 3 aromatic carbocycles. The Labute approximate surface area is 174 Å². The molecule has 30 heavy (non-hydrogen) atoms. The predicted molar refractivity (Wildman–Crippen MR) is 114 cm³/mol. The number of esters is 2. The van der Waals surface area contributed by atoms with Crippen LogP contribution in [0, 0.1) is 6.92 Å². The lowest BCUT2D eigenvalue weighted by Crippen LogP contribution is -2.08. The van der Waals surface area contributed by atoms with Crippen LogP contribution in [0.3, 0.4) is 0 Å². The Bertz CT molecular complexity index is 1080. The Kier molecular flexibility index (Phi) is 6.55. The number of allylic oxidation sites excluding steroid dienone is 1. The smallest absolute Gasteiger partial charge is 0.343 e. The van der Waals surface area contributed by atoms with Crippen molar-refractivity contribution in [3.63, 3.8) is 0 Å². The van der Waals surface area contributed by atoms with E-state index in [0.29, 0.717) is 22.4 Å². The molecule has 0 N–H and O–H groups in total. The second kappa shape index (κ2) is 9.47. The number of carbonyl (C=O) groups excluding carboxylic acids is 3. The van der Waals surface area contributed by atoms with Crippen molar-refractivity contribution in [2.45, 2.75) is 6.92 Å². The molecule has 5 nitrogen and oxygen atoms in total. The van der Waals surface area contributed by atoms with Crippen LogP contribution in [0.15, 0.2) is 78.9 Å². The van der Waals surface area contributed by atoms with Crippen LogP contribution in [0.1, 0.15) is 42.2 Å². The number of ketones is 1. The third-order valence-corrected chi connectivity index (χ3v) is 4.40. The summed E-state index contributed by atoms with van der Waals surface area (Å²) >= 11 is 0. The van der Waals surface area contributed by atoms with Crippen LogP contribution in [0.4, 0.5) is 0 Å². The monoisotopic (exact) mass is 400 g/mol. The van der Waals surface area contributed by atoms with E-state index in [0.717, 1.165) is 11.1 Å². The van der Waals surface area contributed by atoms with Crippen molar-refractivity contribution in [1.82, 2.24) is 0 Å². The Balaban J connectivity index is 1.61. The van der Waals surface area contributed by atoms with Gasteiger partial charge in [-0.15, -0.1) is 0 Å². The lowest BCUT2D eigenvalue weighted by atomic mass is 10.1. The number of hydrogen-bond acceptors (Lipinski definition) is 5. The zero-order valence-corrected chi connectivity index (χ0v) is 16.6. The van der Waals surface area contributed by atoms with Gasteiger partial charge in [0.2, 0.25) is 0 Å². The first-order chi connectivity index (χ1) is 14.5. The highest BCUT2D eigenvalue weighted by Gasteiger charge is 2.09. The minimum absolute atomic E-state index is 0.191. The van der Waals surface area contributed by atoms with E-state index < -0.39 is 11.9 Å². The minimum atomic E-state index is -0.454. The van der Waals surface area contributed by atoms with E-state index >= 15 is 0 Å². The van der Waals surface area contributed by atoms with Crippen LogP contribution in [0.2, 0.25) is 0 Å².